The van der Waals surface area contributed by atoms with Gasteiger partial charge in [-0.25, -0.2) is 8.42 Å². The molecule has 1 aromatic rings. The normalized spacial score (nSPS) is 23.7. The van der Waals surface area contributed by atoms with Crippen LogP contribution >= 0.6 is 0 Å². The molecule has 1 N–H and O–H groups in total. The van der Waals surface area contributed by atoms with E-state index in [1.165, 1.54) is 0 Å². The molecule has 0 spiro atoms. The highest BCUT2D eigenvalue weighted by atomic mass is 32.2. The van der Waals surface area contributed by atoms with Gasteiger partial charge in [0.25, 0.3) is 0 Å². The maximum atomic E-state index is 11.9. The molecule has 0 saturated carbocycles. The first-order valence-electron chi connectivity index (χ1n) is 5.99. The molecular weight excluding hydrogens is 254 g/mol. The van der Waals surface area contributed by atoms with E-state index in [2.05, 4.69) is 5.32 Å². The van der Waals surface area contributed by atoms with Crippen molar-refractivity contribution in [3.63, 3.8) is 0 Å². The summed E-state index contributed by atoms with van der Waals surface area (Å²) in [5.74, 6) is 0.343. The van der Waals surface area contributed by atoms with Gasteiger partial charge in [0.1, 0.15) is 5.76 Å². The summed E-state index contributed by atoms with van der Waals surface area (Å²) in [5, 5.41) is 2.83. The van der Waals surface area contributed by atoms with Gasteiger partial charge in [-0.05, 0) is 25.5 Å². The Morgan fingerprint density at radius 1 is 1.61 bits per heavy atom. The fraction of sp³-hybridized carbons (Fsp3) is 0.583. The van der Waals surface area contributed by atoms with E-state index in [0.717, 1.165) is 5.76 Å². The summed E-state index contributed by atoms with van der Waals surface area (Å²) >= 11 is 0. The van der Waals surface area contributed by atoms with Gasteiger partial charge >= 0.3 is 0 Å². The molecule has 0 bridgehead atoms. The van der Waals surface area contributed by atoms with Crippen molar-refractivity contribution >= 4 is 15.7 Å². The SMILES string of the molecule is C[C@H](Cc1ccco1)NC(=O)[C@@H]1CCS(=O)(=O)C1. The van der Waals surface area contributed by atoms with Crippen molar-refractivity contribution in [1.29, 1.82) is 0 Å². The van der Waals surface area contributed by atoms with Crippen molar-refractivity contribution in [2.24, 2.45) is 5.92 Å². The molecule has 0 radical (unpaired) electrons. The molecule has 0 aromatic carbocycles. The lowest BCUT2D eigenvalue weighted by molar-refractivity contribution is -0.124. The number of nitrogens with one attached hydrogen (secondary N) is 1. The minimum Gasteiger partial charge on any atom is -0.469 e. The highest BCUT2D eigenvalue weighted by Crippen LogP contribution is 2.18. The Kier molecular flexibility index (Phi) is 3.75. The second-order valence-corrected chi connectivity index (χ2v) is 7.02. The van der Waals surface area contributed by atoms with Gasteiger partial charge in [-0.15, -0.1) is 0 Å². The zero-order valence-electron chi connectivity index (χ0n) is 10.3. The third kappa shape index (κ3) is 3.35. The Labute approximate surface area is 106 Å². The monoisotopic (exact) mass is 271 g/mol. The van der Waals surface area contributed by atoms with Crippen molar-refractivity contribution in [2.75, 3.05) is 11.5 Å². The van der Waals surface area contributed by atoms with E-state index >= 15 is 0 Å². The maximum absolute atomic E-state index is 11.9. The molecule has 6 heteroatoms. The van der Waals surface area contributed by atoms with Crippen LogP contribution in [0.1, 0.15) is 19.1 Å². The van der Waals surface area contributed by atoms with Crippen LogP contribution in [0.3, 0.4) is 0 Å². The van der Waals surface area contributed by atoms with Crippen LogP contribution in [0, 0.1) is 5.92 Å². The number of carbonyl (C=O) groups excluding carboxylic acids is 1. The molecular formula is C12H17NO4S. The lowest BCUT2D eigenvalue weighted by Gasteiger charge is -2.15. The fourth-order valence-electron chi connectivity index (χ4n) is 2.14. The van der Waals surface area contributed by atoms with Crippen LogP contribution in [0.2, 0.25) is 0 Å². The van der Waals surface area contributed by atoms with Gasteiger partial charge in [-0.1, -0.05) is 0 Å². The third-order valence-electron chi connectivity index (χ3n) is 3.08. The van der Waals surface area contributed by atoms with Crippen LogP contribution < -0.4 is 5.32 Å². The summed E-state index contributed by atoms with van der Waals surface area (Å²) in [6.45, 7) is 1.88. The molecule has 1 aliphatic heterocycles. The fourth-order valence-corrected chi connectivity index (χ4v) is 3.89. The average Bonchev–Trinajstić information content (AvgIpc) is 2.87. The molecule has 1 fully saturated rings. The van der Waals surface area contributed by atoms with Crippen molar-refractivity contribution < 1.29 is 17.6 Å². The van der Waals surface area contributed by atoms with E-state index in [0.29, 0.717) is 12.8 Å². The molecule has 0 aliphatic carbocycles. The number of hydrogen-bond acceptors (Lipinski definition) is 4. The van der Waals surface area contributed by atoms with E-state index in [4.69, 9.17) is 4.42 Å². The van der Waals surface area contributed by atoms with Gasteiger partial charge in [0.15, 0.2) is 9.84 Å². The lowest BCUT2D eigenvalue weighted by Crippen LogP contribution is -2.38. The summed E-state index contributed by atoms with van der Waals surface area (Å²) in [5.41, 5.74) is 0. The summed E-state index contributed by atoms with van der Waals surface area (Å²) in [6, 6.07) is 3.59. The second-order valence-electron chi connectivity index (χ2n) is 4.79. The van der Waals surface area contributed by atoms with Crippen molar-refractivity contribution in [3.05, 3.63) is 24.2 Å². The molecule has 2 rings (SSSR count). The minimum absolute atomic E-state index is 0.0215. The Bertz CT molecular complexity index is 506. The molecule has 1 aromatic heterocycles. The predicted octanol–water partition coefficient (Wildman–Crippen LogP) is 0.762. The topological polar surface area (TPSA) is 76.4 Å². The molecule has 0 unspecified atom stereocenters. The van der Waals surface area contributed by atoms with E-state index in [1.54, 1.807) is 12.3 Å². The molecule has 2 heterocycles. The van der Waals surface area contributed by atoms with Crippen LogP contribution in [0.25, 0.3) is 0 Å². The molecule has 1 aliphatic rings. The summed E-state index contributed by atoms with van der Waals surface area (Å²) in [6.07, 6.45) is 2.63. The summed E-state index contributed by atoms with van der Waals surface area (Å²) < 4.78 is 27.8. The lowest BCUT2D eigenvalue weighted by atomic mass is 10.1. The number of sulfone groups is 1. The molecule has 2 atom stereocenters. The zero-order valence-corrected chi connectivity index (χ0v) is 11.1. The first-order valence-corrected chi connectivity index (χ1v) is 7.81. The summed E-state index contributed by atoms with van der Waals surface area (Å²) in [4.78, 5) is 11.9. The minimum atomic E-state index is -3.01. The molecule has 5 nitrogen and oxygen atoms in total. The Morgan fingerprint density at radius 2 is 2.39 bits per heavy atom. The highest BCUT2D eigenvalue weighted by molar-refractivity contribution is 7.91. The number of carbonyl (C=O) groups is 1. The highest BCUT2D eigenvalue weighted by Gasteiger charge is 2.33. The van der Waals surface area contributed by atoms with E-state index in [1.807, 2.05) is 13.0 Å². The largest absolute Gasteiger partial charge is 0.469 e. The first-order chi connectivity index (χ1) is 8.46. The van der Waals surface area contributed by atoms with Gasteiger partial charge in [0.05, 0.1) is 23.7 Å². The van der Waals surface area contributed by atoms with Gasteiger partial charge in [0, 0.05) is 12.5 Å². The molecule has 1 saturated heterocycles. The quantitative estimate of drug-likeness (QED) is 0.877. The van der Waals surface area contributed by atoms with Crippen LogP contribution in [0.15, 0.2) is 22.8 Å². The van der Waals surface area contributed by atoms with E-state index in [-0.39, 0.29) is 23.5 Å². The first kappa shape index (κ1) is 13.1. The van der Waals surface area contributed by atoms with Crippen LogP contribution in [0.4, 0.5) is 0 Å². The van der Waals surface area contributed by atoms with Crippen LogP contribution in [0.5, 0.6) is 0 Å². The van der Waals surface area contributed by atoms with Gasteiger partial charge in [-0.3, -0.25) is 4.79 Å². The predicted molar refractivity (Wildman–Crippen MR) is 66.8 cm³/mol. The average molecular weight is 271 g/mol. The summed E-state index contributed by atoms with van der Waals surface area (Å²) in [7, 11) is -3.01. The number of amides is 1. The third-order valence-corrected chi connectivity index (χ3v) is 4.85. The van der Waals surface area contributed by atoms with Crippen LogP contribution in [-0.4, -0.2) is 31.9 Å². The van der Waals surface area contributed by atoms with E-state index in [9.17, 15) is 13.2 Å². The van der Waals surface area contributed by atoms with Crippen molar-refractivity contribution in [2.45, 2.75) is 25.8 Å². The molecule has 100 valence electrons. The Balaban J connectivity index is 1.84. The molecule has 1 amide bonds. The van der Waals surface area contributed by atoms with Crippen molar-refractivity contribution in [1.82, 2.24) is 5.32 Å². The number of furan rings is 1. The van der Waals surface area contributed by atoms with Crippen molar-refractivity contribution in [3.8, 4) is 0 Å². The molecule has 18 heavy (non-hydrogen) atoms. The smallest absolute Gasteiger partial charge is 0.224 e. The van der Waals surface area contributed by atoms with E-state index < -0.39 is 15.8 Å². The van der Waals surface area contributed by atoms with Gasteiger partial charge in [-0.2, -0.15) is 0 Å². The standard InChI is InChI=1S/C12H17NO4S/c1-9(7-11-3-2-5-17-11)13-12(14)10-4-6-18(15,16)8-10/h2-3,5,9-10H,4,6-8H2,1H3,(H,13,14)/t9-,10-/m1/s1. The Morgan fingerprint density at radius 3 is 2.94 bits per heavy atom. The van der Waals surface area contributed by atoms with Gasteiger partial charge < -0.3 is 9.73 Å². The number of rotatable bonds is 4. The second kappa shape index (κ2) is 5.14. The Hall–Kier alpha value is -1.30. The maximum Gasteiger partial charge on any atom is 0.224 e. The zero-order chi connectivity index (χ0) is 13.2. The number of hydrogen-bond donors (Lipinski definition) is 1. The van der Waals surface area contributed by atoms with Crippen LogP contribution in [-0.2, 0) is 21.1 Å². The van der Waals surface area contributed by atoms with Gasteiger partial charge in [0.2, 0.25) is 5.91 Å².